The minimum Gasteiger partial charge on any atom is -0.496 e. The maximum atomic E-state index is 13.6. The Labute approximate surface area is 327 Å². The van der Waals surface area contributed by atoms with E-state index >= 15 is 0 Å². The first-order chi connectivity index (χ1) is 27.4. The normalized spacial score (nSPS) is 18.3. The van der Waals surface area contributed by atoms with Crippen LogP contribution in [0.1, 0.15) is 76.5 Å². The Kier molecular flexibility index (Phi) is 11.3. The molecule has 5 aromatic rings. The van der Waals surface area contributed by atoms with Crippen LogP contribution in [0.5, 0.6) is 5.75 Å². The molecule has 0 saturated carbocycles. The third-order valence-electron chi connectivity index (χ3n) is 11.3. The van der Waals surface area contributed by atoms with E-state index in [1.807, 2.05) is 29.9 Å². The van der Waals surface area contributed by atoms with Gasteiger partial charge in [0.2, 0.25) is 0 Å². The fourth-order valence-electron chi connectivity index (χ4n) is 8.32. The zero-order valence-electron chi connectivity index (χ0n) is 32.4. The van der Waals surface area contributed by atoms with Crippen molar-refractivity contribution in [1.29, 1.82) is 0 Å². The molecule has 0 spiro atoms. The lowest BCUT2D eigenvalue weighted by molar-refractivity contribution is 0.0904. The number of pyridine rings is 2. The number of carbonyl (C=O) groups excluding carboxylic acids is 2. The predicted molar refractivity (Wildman–Crippen MR) is 216 cm³/mol. The molecule has 6 heterocycles. The van der Waals surface area contributed by atoms with E-state index in [0.29, 0.717) is 38.3 Å². The van der Waals surface area contributed by atoms with E-state index in [2.05, 4.69) is 73.5 Å². The minimum atomic E-state index is -0.376. The van der Waals surface area contributed by atoms with Crippen molar-refractivity contribution in [2.24, 2.45) is 0 Å². The number of fused-ring (bicyclic) bond motifs is 3. The van der Waals surface area contributed by atoms with Gasteiger partial charge in [-0.2, -0.15) is 5.10 Å². The van der Waals surface area contributed by atoms with Crippen LogP contribution in [0.4, 0.5) is 5.69 Å². The minimum absolute atomic E-state index is 0.159. The molecule has 13 heteroatoms. The molecule has 2 aromatic carbocycles. The lowest BCUT2D eigenvalue weighted by Crippen LogP contribution is -2.42. The molecule has 4 N–H and O–H groups in total. The first kappa shape index (κ1) is 37.5. The first-order valence-electron chi connectivity index (χ1n) is 19.9. The van der Waals surface area contributed by atoms with Gasteiger partial charge in [-0.1, -0.05) is 37.3 Å². The molecule has 8 rings (SSSR count). The van der Waals surface area contributed by atoms with Gasteiger partial charge in [0.1, 0.15) is 17.1 Å². The largest absolute Gasteiger partial charge is 0.496 e. The average molecular weight is 758 g/mol. The number of hydrogen-bond donors (Lipinski definition) is 4. The summed E-state index contributed by atoms with van der Waals surface area (Å²) >= 11 is 0. The molecular weight excluding hydrogens is 707 g/mol. The number of hydrogen-bond acceptors (Lipinski definition) is 10. The van der Waals surface area contributed by atoms with E-state index in [1.165, 1.54) is 12.0 Å². The smallest absolute Gasteiger partial charge is 0.270 e. The molecular formula is C43H51N9O4. The molecule has 13 nitrogen and oxygen atoms in total. The van der Waals surface area contributed by atoms with Crippen LogP contribution >= 0.6 is 0 Å². The van der Waals surface area contributed by atoms with Gasteiger partial charge in [-0.3, -0.25) is 14.5 Å². The Morgan fingerprint density at radius 3 is 2.45 bits per heavy atom. The molecule has 3 aliphatic heterocycles. The van der Waals surface area contributed by atoms with E-state index in [9.17, 15) is 9.59 Å². The van der Waals surface area contributed by atoms with Gasteiger partial charge >= 0.3 is 0 Å². The summed E-state index contributed by atoms with van der Waals surface area (Å²) in [5.41, 5.74) is 8.13. The second-order valence-corrected chi connectivity index (χ2v) is 14.9. The number of aryl methyl sites for hydroxylation is 2. The summed E-state index contributed by atoms with van der Waals surface area (Å²) in [5, 5.41) is 18.9. The highest BCUT2D eigenvalue weighted by molar-refractivity contribution is 5.97. The molecule has 3 aliphatic rings. The zero-order chi connectivity index (χ0) is 38.6. The summed E-state index contributed by atoms with van der Waals surface area (Å²) in [4.78, 5) is 39.0. The van der Waals surface area contributed by atoms with Gasteiger partial charge in [-0.25, -0.2) is 14.6 Å². The molecule has 0 unspecified atom stereocenters. The van der Waals surface area contributed by atoms with Crippen LogP contribution in [0.3, 0.4) is 0 Å². The maximum Gasteiger partial charge on any atom is 0.270 e. The molecule has 2 bridgehead atoms. The van der Waals surface area contributed by atoms with Gasteiger partial charge in [0, 0.05) is 87.4 Å². The molecule has 2 amide bonds. The summed E-state index contributed by atoms with van der Waals surface area (Å²) in [7, 11) is 1.68. The van der Waals surface area contributed by atoms with Gasteiger partial charge in [-0.05, 0) is 79.6 Å². The molecule has 2 atom stereocenters. The molecule has 56 heavy (non-hydrogen) atoms. The van der Waals surface area contributed by atoms with Crippen LogP contribution in [-0.4, -0.2) is 88.0 Å². The molecule has 3 fully saturated rings. The first-order valence-corrected chi connectivity index (χ1v) is 19.9. The fourth-order valence-corrected chi connectivity index (χ4v) is 8.32. The van der Waals surface area contributed by atoms with E-state index in [4.69, 9.17) is 14.5 Å². The van der Waals surface area contributed by atoms with Gasteiger partial charge < -0.3 is 30.7 Å². The van der Waals surface area contributed by atoms with Crippen molar-refractivity contribution in [3.8, 4) is 16.9 Å². The number of nitrogens with zero attached hydrogens (tertiary/aromatic N) is 5. The quantitative estimate of drug-likeness (QED) is 0.121. The van der Waals surface area contributed by atoms with Crippen molar-refractivity contribution in [2.75, 3.05) is 38.7 Å². The average Bonchev–Trinajstić information content (AvgIpc) is 3.99. The monoisotopic (exact) mass is 757 g/mol. The van der Waals surface area contributed by atoms with Gasteiger partial charge in [0.25, 0.3) is 11.8 Å². The van der Waals surface area contributed by atoms with Gasteiger partial charge in [0.15, 0.2) is 5.65 Å². The Hall–Kier alpha value is -5.37. The number of rotatable bonds is 14. The third-order valence-corrected chi connectivity index (χ3v) is 11.3. The third kappa shape index (κ3) is 7.97. The maximum absolute atomic E-state index is 13.6. The van der Waals surface area contributed by atoms with Crippen molar-refractivity contribution in [3.63, 3.8) is 0 Å². The highest BCUT2D eigenvalue weighted by Gasteiger charge is 2.37. The summed E-state index contributed by atoms with van der Waals surface area (Å²) in [6.45, 7) is 9.83. The Morgan fingerprint density at radius 1 is 0.946 bits per heavy atom. The predicted octanol–water partition coefficient (Wildman–Crippen LogP) is 5.08. The van der Waals surface area contributed by atoms with Crippen LogP contribution in [0.25, 0.3) is 22.2 Å². The number of benzene rings is 2. The van der Waals surface area contributed by atoms with Crippen molar-refractivity contribution in [3.05, 3.63) is 101 Å². The van der Waals surface area contributed by atoms with Crippen LogP contribution in [0.15, 0.2) is 66.9 Å². The van der Waals surface area contributed by atoms with Crippen LogP contribution < -0.4 is 26.0 Å². The van der Waals surface area contributed by atoms with Gasteiger partial charge in [-0.15, -0.1) is 0 Å². The fraction of sp³-hybridized carbons (Fsp3) is 0.419. The molecule has 0 radical (unpaired) electrons. The van der Waals surface area contributed by atoms with E-state index in [-0.39, 0.29) is 42.3 Å². The summed E-state index contributed by atoms with van der Waals surface area (Å²) in [6, 6.07) is 21.0. The topological polar surface area (TPSA) is 148 Å². The summed E-state index contributed by atoms with van der Waals surface area (Å²) < 4.78 is 13.3. The van der Waals surface area contributed by atoms with Crippen molar-refractivity contribution >= 4 is 28.5 Å². The Morgan fingerprint density at radius 2 is 1.73 bits per heavy atom. The lowest BCUT2D eigenvalue weighted by atomic mass is 9.99. The number of aromatic nitrogens is 4. The SMILES string of the molecule is CCc1nc2c(cnn2CC)c(NC2CCOCC2)c1CNC(=O)c1cccc(C(=O)NCc2ccc(OC)c(-c3cccc(CN4C[C@H]5C[C@@H]4CN5)c3)c2)n1. The number of ether oxygens (including phenoxy) is 2. The zero-order valence-corrected chi connectivity index (χ0v) is 32.4. The van der Waals surface area contributed by atoms with Crippen molar-refractivity contribution < 1.29 is 19.1 Å². The Bertz CT molecular complexity index is 2220. The number of methoxy groups -OCH3 is 1. The second-order valence-electron chi connectivity index (χ2n) is 14.9. The van der Waals surface area contributed by atoms with Gasteiger partial charge in [0.05, 0.1) is 24.4 Å². The second kappa shape index (κ2) is 16.8. The lowest BCUT2D eigenvalue weighted by Gasteiger charge is -2.27. The number of likely N-dealkylation sites (tertiary alicyclic amines) is 1. The van der Waals surface area contributed by atoms with Crippen molar-refractivity contribution in [2.45, 2.75) is 83.8 Å². The number of piperazine rings is 1. The van der Waals surface area contributed by atoms with E-state index < -0.39 is 0 Å². The standard InChI is InChI=1S/C43H51N9O4/c1-4-36-34(40(48-30-14-16-56-17-15-30)35-24-47-52(5-2)41(35)50-36)23-46-43(54)38-11-7-10-37(49-38)42(53)45-21-27-12-13-39(55-3)33(19-27)29-9-6-8-28(18-29)25-51-26-31-20-32(51)22-44-31/h6-13,18-19,24,30-32,44H,4-5,14-17,20-23,25-26H2,1-3H3,(H,45,53)(H,46,54)(H,48,50)/t31-,32-/m1/s1. The summed E-state index contributed by atoms with van der Waals surface area (Å²) in [5.74, 6) is 0.0255. The Balaban J connectivity index is 0.941. The molecule has 3 saturated heterocycles. The highest BCUT2D eigenvalue weighted by Crippen LogP contribution is 2.34. The molecule has 0 aliphatic carbocycles. The van der Waals surface area contributed by atoms with Crippen LogP contribution in [0.2, 0.25) is 0 Å². The molecule has 3 aromatic heterocycles. The molecule has 292 valence electrons. The highest BCUT2D eigenvalue weighted by atomic mass is 16.5. The van der Waals surface area contributed by atoms with Crippen LogP contribution in [-0.2, 0) is 37.3 Å². The van der Waals surface area contributed by atoms with E-state index in [1.54, 1.807) is 25.3 Å². The van der Waals surface area contributed by atoms with Crippen molar-refractivity contribution in [1.82, 2.24) is 40.6 Å². The number of carbonyl (C=O) groups is 2. The number of anilines is 1. The van der Waals surface area contributed by atoms with E-state index in [0.717, 1.165) is 82.9 Å². The summed E-state index contributed by atoms with van der Waals surface area (Å²) in [6.07, 6.45) is 5.55. The van der Waals surface area contributed by atoms with Crippen LogP contribution in [0, 0.1) is 0 Å². The number of amides is 2. The number of nitrogens with one attached hydrogen (secondary N) is 4.